The Morgan fingerprint density at radius 3 is 2.31 bits per heavy atom. The Hall–Kier alpha value is -0.490. The summed E-state index contributed by atoms with van der Waals surface area (Å²) in [5.74, 6) is -0.570. The number of nitrogens with two attached hydrogens (primary N) is 1. The highest BCUT2D eigenvalue weighted by molar-refractivity contribution is 5.85. The molecule has 0 rings (SSSR count). The third-order valence-corrected chi connectivity index (χ3v) is 1.12. The van der Waals surface area contributed by atoms with Gasteiger partial charge in [-0.2, -0.15) is 13.2 Å². The maximum absolute atomic E-state index is 11.5. The number of carbonyl (C=O) groups is 1. The van der Waals surface area contributed by atoms with Gasteiger partial charge in [0.15, 0.2) is 0 Å². The van der Waals surface area contributed by atoms with Gasteiger partial charge in [-0.25, -0.2) is 0 Å². The highest BCUT2D eigenvalue weighted by atomic mass is 35.5. The van der Waals surface area contributed by atoms with Crippen LogP contribution in [0.2, 0.25) is 0 Å². The van der Waals surface area contributed by atoms with Crippen LogP contribution in [0.3, 0.4) is 0 Å². The zero-order valence-corrected chi connectivity index (χ0v) is 7.84. The molecule has 0 aromatic heterocycles. The average molecular weight is 221 g/mol. The zero-order valence-electron chi connectivity index (χ0n) is 7.02. The van der Waals surface area contributed by atoms with Crippen LogP contribution in [-0.4, -0.2) is 24.7 Å². The van der Waals surface area contributed by atoms with Gasteiger partial charge in [0.05, 0.1) is 12.5 Å². The first-order valence-electron chi connectivity index (χ1n) is 3.43. The van der Waals surface area contributed by atoms with Gasteiger partial charge >= 0.3 is 6.18 Å². The molecule has 1 amide bonds. The second-order valence-corrected chi connectivity index (χ2v) is 2.44. The average Bonchev–Trinajstić information content (AvgIpc) is 1.84. The van der Waals surface area contributed by atoms with Crippen LogP contribution in [0.25, 0.3) is 0 Å². The minimum Gasteiger partial charge on any atom is -0.354 e. The van der Waals surface area contributed by atoms with Crippen LogP contribution < -0.4 is 11.1 Å². The Kier molecular flexibility index (Phi) is 6.97. The number of amides is 1. The summed E-state index contributed by atoms with van der Waals surface area (Å²) in [4.78, 5) is 10.6. The summed E-state index contributed by atoms with van der Waals surface area (Å²) in [5.41, 5.74) is 5.09. The molecular weight excluding hydrogens is 209 g/mol. The van der Waals surface area contributed by atoms with Gasteiger partial charge in [-0.05, 0) is 6.92 Å². The lowest BCUT2D eigenvalue weighted by Crippen LogP contribution is -2.39. The molecule has 0 fully saturated rings. The highest BCUT2D eigenvalue weighted by Gasteiger charge is 2.26. The molecule has 3 nitrogen and oxygen atoms in total. The lowest BCUT2D eigenvalue weighted by molar-refractivity contribution is -0.135. The number of hydrogen-bond acceptors (Lipinski definition) is 2. The lowest BCUT2D eigenvalue weighted by Gasteiger charge is -2.09. The summed E-state index contributed by atoms with van der Waals surface area (Å²) in [5, 5.41) is 2.05. The minimum absolute atomic E-state index is 0. The minimum atomic E-state index is -4.23. The van der Waals surface area contributed by atoms with Gasteiger partial charge in [0.2, 0.25) is 5.91 Å². The van der Waals surface area contributed by atoms with Crippen molar-refractivity contribution in [1.82, 2.24) is 5.32 Å². The van der Waals surface area contributed by atoms with Gasteiger partial charge in [0.1, 0.15) is 0 Å². The molecule has 0 radical (unpaired) electrons. The summed E-state index contributed by atoms with van der Waals surface area (Å²) in [6.07, 6.45) is -5.25. The van der Waals surface area contributed by atoms with Gasteiger partial charge in [-0.3, -0.25) is 4.79 Å². The smallest absolute Gasteiger partial charge is 0.354 e. The molecule has 0 aromatic carbocycles. The molecule has 0 aromatic rings. The number of carbonyl (C=O) groups excluding carboxylic acids is 1. The third-order valence-electron chi connectivity index (χ3n) is 1.12. The Labute approximate surface area is 80.3 Å². The fourth-order valence-corrected chi connectivity index (χ4v) is 0.488. The van der Waals surface area contributed by atoms with Gasteiger partial charge < -0.3 is 11.1 Å². The first-order chi connectivity index (χ1) is 5.33. The molecule has 80 valence electrons. The predicted octanol–water partition coefficient (Wildman–Crippen LogP) is 0.824. The summed E-state index contributed by atoms with van der Waals surface area (Å²) < 4.78 is 34.6. The zero-order chi connectivity index (χ0) is 9.78. The van der Waals surface area contributed by atoms with Crippen LogP contribution >= 0.6 is 12.4 Å². The van der Waals surface area contributed by atoms with E-state index in [-0.39, 0.29) is 12.4 Å². The summed E-state index contributed by atoms with van der Waals surface area (Å²) in [6.45, 7) is 0.993. The van der Waals surface area contributed by atoms with Gasteiger partial charge in [0.25, 0.3) is 0 Å². The molecule has 13 heavy (non-hydrogen) atoms. The number of nitrogens with one attached hydrogen (secondary N) is 1. The molecule has 0 aliphatic rings. The molecule has 0 spiro atoms. The van der Waals surface area contributed by atoms with E-state index in [1.165, 1.54) is 6.92 Å². The summed E-state index contributed by atoms with van der Waals surface area (Å²) >= 11 is 0. The van der Waals surface area contributed by atoms with Crippen molar-refractivity contribution in [3.8, 4) is 0 Å². The third kappa shape index (κ3) is 9.42. The second kappa shape index (κ2) is 6.04. The molecule has 0 saturated carbocycles. The Bertz CT molecular complexity index is 160. The van der Waals surface area contributed by atoms with E-state index in [9.17, 15) is 18.0 Å². The van der Waals surface area contributed by atoms with Crippen molar-refractivity contribution in [1.29, 1.82) is 0 Å². The fourth-order valence-electron chi connectivity index (χ4n) is 0.488. The van der Waals surface area contributed by atoms with Crippen molar-refractivity contribution in [2.75, 3.05) is 6.54 Å². The second-order valence-electron chi connectivity index (χ2n) is 2.44. The number of rotatable bonds is 3. The van der Waals surface area contributed by atoms with Crippen LogP contribution in [0.1, 0.15) is 13.3 Å². The Balaban J connectivity index is 0. The number of alkyl halides is 3. The molecule has 7 heteroatoms. The Morgan fingerprint density at radius 1 is 1.54 bits per heavy atom. The van der Waals surface area contributed by atoms with Crippen LogP contribution in [0.5, 0.6) is 0 Å². The van der Waals surface area contributed by atoms with Gasteiger partial charge in [-0.15, -0.1) is 12.4 Å². The SMILES string of the molecule is C[C@@H](N)C(=O)NCCC(F)(F)F.Cl. The van der Waals surface area contributed by atoms with Crippen molar-refractivity contribution >= 4 is 18.3 Å². The molecule has 0 heterocycles. The van der Waals surface area contributed by atoms with Crippen LogP contribution in [0.15, 0.2) is 0 Å². The number of halogens is 4. The van der Waals surface area contributed by atoms with E-state index >= 15 is 0 Å². The first kappa shape index (κ1) is 15.0. The maximum atomic E-state index is 11.5. The lowest BCUT2D eigenvalue weighted by atomic mass is 10.3. The van der Waals surface area contributed by atoms with Crippen molar-refractivity contribution in [2.24, 2.45) is 5.73 Å². The van der Waals surface area contributed by atoms with Gasteiger partial charge in [-0.1, -0.05) is 0 Å². The highest BCUT2D eigenvalue weighted by Crippen LogP contribution is 2.17. The number of hydrogen-bond donors (Lipinski definition) is 2. The summed E-state index contributed by atoms with van der Waals surface area (Å²) in [6, 6.07) is -0.766. The Morgan fingerprint density at radius 2 is 2.00 bits per heavy atom. The van der Waals surface area contributed by atoms with Crippen molar-refractivity contribution in [2.45, 2.75) is 25.6 Å². The molecule has 0 bridgehead atoms. The standard InChI is InChI=1S/C6H11F3N2O.ClH/c1-4(10)5(12)11-3-2-6(7,8)9;/h4H,2-3,10H2,1H3,(H,11,12);1H/t4-;/m1./s1. The van der Waals surface area contributed by atoms with E-state index in [1.807, 2.05) is 0 Å². The van der Waals surface area contributed by atoms with E-state index in [2.05, 4.69) is 5.32 Å². The quantitative estimate of drug-likeness (QED) is 0.740. The van der Waals surface area contributed by atoms with Crippen LogP contribution in [0, 0.1) is 0 Å². The molecule has 3 N–H and O–H groups in total. The topological polar surface area (TPSA) is 55.1 Å². The molecule has 0 unspecified atom stereocenters. The molecule has 0 aliphatic heterocycles. The molecule has 0 saturated heterocycles. The predicted molar refractivity (Wildman–Crippen MR) is 44.6 cm³/mol. The molecular formula is C6H12ClF3N2O. The van der Waals surface area contributed by atoms with E-state index in [0.29, 0.717) is 0 Å². The van der Waals surface area contributed by atoms with Crippen LogP contribution in [-0.2, 0) is 4.79 Å². The molecule has 1 atom stereocenters. The van der Waals surface area contributed by atoms with E-state index < -0.39 is 31.1 Å². The van der Waals surface area contributed by atoms with Crippen LogP contribution in [0.4, 0.5) is 13.2 Å². The monoisotopic (exact) mass is 220 g/mol. The largest absolute Gasteiger partial charge is 0.390 e. The van der Waals surface area contributed by atoms with E-state index in [1.54, 1.807) is 0 Å². The van der Waals surface area contributed by atoms with Crippen molar-refractivity contribution < 1.29 is 18.0 Å². The molecule has 0 aliphatic carbocycles. The van der Waals surface area contributed by atoms with E-state index in [0.717, 1.165) is 0 Å². The fraction of sp³-hybridized carbons (Fsp3) is 0.833. The first-order valence-corrected chi connectivity index (χ1v) is 3.43. The van der Waals surface area contributed by atoms with E-state index in [4.69, 9.17) is 5.73 Å². The summed E-state index contributed by atoms with van der Waals surface area (Å²) in [7, 11) is 0. The van der Waals surface area contributed by atoms with Gasteiger partial charge in [0, 0.05) is 6.54 Å². The van der Waals surface area contributed by atoms with Crippen molar-refractivity contribution in [3.05, 3.63) is 0 Å². The maximum Gasteiger partial charge on any atom is 0.390 e. The van der Waals surface area contributed by atoms with Crippen molar-refractivity contribution in [3.63, 3.8) is 0 Å². The normalized spacial score (nSPS) is 13.0.